The van der Waals surface area contributed by atoms with Crippen LogP contribution >= 0.6 is 35.1 Å². The number of ether oxygens (including phenoxy) is 1. The number of nitriles is 1. The van der Waals surface area contributed by atoms with Gasteiger partial charge in [-0.15, -0.1) is 44.0 Å². The fraction of sp³-hybridized carbons (Fsp3) is 0.265. The zero-order valence-electron chi connectivity index (χ0n) is 41.4. The van der Waals surface area contributed by atoms with Crippen molar-refractivity contribution in [3.63, 3.8) is 0 Å². The Morgan fingerprint density at radius 1 is 0.623 bits per heavy atom. The van der Waals surface area contributed by atoms with Gasteiger partial charge >= 0.3 is 0 Å². The van der Waals surface area contributed by atoms with Gasteiger partial charge in [-0.3, -0.25) is 18.1 Å². The molecule has 2 aromatic heterocycles. The van der Waals surface area contributed by atoms with Gasteiger partial charge in [0.1, 0.15) is 23.1 Å². The topological polar surface area (TPSA) is 333 Å². The average Bonchev–Trinajstić information content (AvgIpc) is 3.86. The number of nitrogens with zero attached hydrogens (tertiary/aromatic N) is 11. The lowest BCUT2D eigenvalue weighted by Crippen LogP contribution is -2.08. The molecular weight excluding hydrogens is 1110 g/mol. The lowest BCUT2D eigenvalue weighted by Gasteiger charge is -2.12. The highest BCUT2D eigenvalue weighted by molar-refractivity contribution is 7.99. The number of fused-ring (bicyclic) bond motifs is 3. The van der Waals surface area contributed by atoms with Gasteiger partial charge in [-0.05, 0) is 142 Å². The Morgan fingerprint density at radius 2 is 1.10 bits per heavy atom. The molecule has 0 radical (unpaired) electrons. The summed E-state index contributed by atoms with van der Waals surface area (Å²) in [5, 5.41) is 58.1. The van der Waals surface area contributed by atoms with E-state index in [1.54, 1.807) is 99.6 Å². The third-order valence-electron chi connectivity index (χ3n) is 11.2. The number of rotatable bonds is 23. The van der Waals surface area contributed by atoms with Crippen LogP contribution in [0, 0.1) is 39.0 Å². The summed E-state index contributed by atoms with van der Waals surface area (Å²) < 4.78 is 105. The average molecular weight is 1160 g/mol. The van der Waals surface area contributed by atoms with Crippen molar-refractivity contribution in [2.45, 2.75) is 56.7 Å². The van der Waals surface area contributed by atoms with E-state index >= 15 is 0 Å². The standard InChI is InChI=1S/C49H48ClN11O11S5/c1-29-22-40(57-60-47-32(4)35(28-51)48-52-36-10-5-6-11-43(36)61(48)49(47)62)44(72-16-7-19-75(63,64)65)25-37(29)55-58-41-24-31(3)39(27-46(41)74-18-9-21-77(69,70)71)56-59-42-23-30(2)38(54-53-34-14-12-33(50)13-15-34)26-45(42)73-17-8-20-76(66,67)68/h5-6,10-15,22-27,62H,7-9,16-21H2,1-4H3,(H,63,64,65)(H,66,67,68)(H,69,70,71). The molecule has 28 heteroatoms. The quantitative estimate of drug-likeness (QED) is 0.0200. The number of imidazole rings is 1. The molecule has 4 N–H and O–H groups in total. The summed E-state index contributed by atoms with van der Waals surface area (Å²) in [7, 11) is -12.8. The first-order valence-corrected chi connectivity index (χ1v) is 30.3. The summed E-state index contributed by atoms with van der Waals surface area (Å²) in [6.07, 6.45) is 0.122. The van der Waals surface area contributed by atoms with Crippen LogP contribution < -0.4 is 4.74 Å². The van der Waals surface area contributed by atoms with E-state index in [2.05, 4.69) is 52.0 Å². The van der Waals surface area contributed by atoms with Crippen LogP contribution in [-0.2, 0) is 30.4 Å². The van der Waals surface area contributed by atoms with Gasteiger partial charge in [0.15, 0.2) is 11.3 Å². The summed E-state index contributed by atoms with van der Waals surface area (Å²) in [5.41, 5.74) is 6.24. The SMILES string of the molecule is Cc1cc(N=Nc2cc(SCCCS(=O)(=O)O)c(N=Nc3cc(OCCCS(=O)(=O)O)c(N=Nc4c(C)c(C#N)c5nc6ccccc6n5c4O)cc3C)cc2C)c(SCCCS(=O)(=O)O)cc1N=Nc1ccc(Cl)cc1. The van der Waals surface area contributed by atoms with Crippen molar-refractivity contribution in [1.82, 2.24) is 9.38 Å². The van der Waals surface area contributed by atoms with Crippen LogP contribution in [0.15, 0.2) is 136 Å². The van der Waals surface area contributed by atoms with Crippen LogP contribution in [0.25, 0.3) is 16.7 Å². The van der Waals surface area contributed by atoms with Gasteiger partial charge in [0.2, 0.25) is 5.88 Å². The van der Waals surface area contributed by atoms with Gasteiger partial charge in [0.25, 0.3) is 30.4 Å². The molecule has 0 amide bonds. The number of aryl methyl sites for hydroxylation is 3. The third-order valence-corrected chi connectivity index (χ3v) is 16.1. The van der Waals surface area contributed by atoms with Crippen molar-refractivity contribution in [3.8, 4) is 17.7 Å². The van der Waals surface area contributed by atoms with Crippen molar-refractivity contribution in [3.05, 3.63) is 118 Å². The molecule has 7 rings (SSSR count). The molecule has 77 heavy (non-hydrogen) atoms. The predicted molar refractivity (Wildman–Crippen MR) is 296 cm³/mol. The Hall–Kier alpha value is -6.74. The monoisotopic (exact) mass is 1160 g/mol. The maximum atomic E-state index is 11.6. The molecule has 0 spiro atoms. The molecule has 7 aromatic rings. The molecule has 0 atom stereocenters. The van der Waals surface area contributed by atoms with Crippen molar-refractivity contribution in [2.24, 2.45) is 40.9 Å². The fourth-order valence-electron chi connectivity index (χ4n) is 7.32. The number of halogens is 1. The van der Waals surface area contributed by atoms with E-state index in [0.29, 0.717) is 82.3 Å². The molecule has 402 valence electrons. The minimum absolute atomic E-state index is 0.0227. The van der Waals surface area contributed by atoms with Crippen LogP contribution in [-0.4, -0.2) is 88.8 Å². The summed E-state index contributed by atoms with van der Waals surface area (Å²) in [6, 6.07) is 25.9. The van der Waals surface area contributed by atoms with Crippen molar-refractivity contribution in [2.75, 3.05) is 35.4 Å². The number of thioether (sulfide) groups is 2. The second-order valence-corrected chi connectivity index (χ2v) is 24.5. The van der Waals surface area contributed by atoms with E-state index in [1.807, 2.05) is 6.92 Å². The van der Waals surface area contributed by atoms with Crippen LogP contribution in [0.2, 0.25) is 5.02 Å². The molecule has 0 saturated heterocycles. The van der Waals surface area contributed by atoms with Crippen LogP contribution in [0.3, 0.4) is 0 Å². The Bertz CT molecular complexity index is 3910. The summed E-state index contributed by atoms with van der Waals surface area (Å²) in [5.74, 6) is -1.24. The fourth-order valence-corrected chi connectivity index (χ4v) is 11.2. The van der Waals surface area contributed by atoms with Crippen LogP contribution in [0.1, 0.15) is 47.1 Å². The zero-order valence-corrected chi connectivity index (χ0v) is 46.3. The Labute approximate surface area is 456 Å². The number of azo groups is 4. The normalized spacial score (nSPS) is 12.6. The number of pyridine rings is 1. The van der Waals surface area contributed by atoms with E-state index in [9.17, 15) is 49.3 Å². The summed E-state index contributed by atoms with van der Waals surface area (Å²) in [4.78, 5) is 5.65. The predicted octanol–water partition coefficient (Wildman–Crippen LogP) is 14.0. The molecule has 0 bridgehead atoms. The first-order chi connectivity index (χ1) is 36.5. The maximum absolute atomic E-state index is 11.6. The van der Waals surface area contributed by atoms with Gasteiger partial charge in [-0.2, -0.15) is 51.0 Å². The molecule has 5 aromatic carbocycles. The van der Waals surface area contributed by atoms with Crippen LogP contribution in [0.4, 0.5) is 45.5 Å². The number of aromatic nitrogens is 2. The molecule has 0 unspecified atom stereocenters. The van der Waals surface area contributed by atoms with Gasteiger partial charge < -0.3 is 9.84 Å². The number of hydrogen-bond donors (Lipinski definition) is 4. The molecule has 0 aliphatic heterocycles. The maximum Gasteiger partial charge on any atom is 0.264 e. The second kappa shape index (κ2) is 25.2. The number of hydrogen-bond acceptors (Lipinski definition) is 20. The second-order valence-electron chi connectivity index (χ2n) is 17.1. The van der Waals surface area contributed by atoms with E-state index in [1.165, 1.54) is 34.0 Å². The number of benzene rings is 5. The minimum Gasteiger partial charge on any atom is -0.493 e. The largest absolute Gasteiger partial charge is 0.493 e. The van der Waals surface area contributed by atoms with Crippen molar-refractivity contribution in [1.29, 1.82) is 5.26 Å². The molecule has 0 aliphatic carbocycles. The lowest BCUT2D eigenvalue weighted by molar-refractivity contribution is 0.317. The summed E-state index contributed by atoms with van der Waals surface area (Å²) >= 11 is 8.54. The smallest absolute Gasteiger partial charge is 0.264 e. The van der Waals surface area contributed by atoms with Gasteiger partial charge in [-0.1, -0.05) is 23.7 Å². The number of para-hydroxylation sites is 2. The van der Waals surface area contributed by atoms with E-state index in [4.69, 9.17) is 16.3 Å². The molecule has 22 nitrogen and oxygen atoms in total. The minimum atomic E-state index is -4.31. The molecule has 0 fully saturated rings. The zero-order chi connectivity index (χ0) is 55.7. The van der Waals surface area contributed by atoms with E-state index in [-0.39, 0.29) is 71.5 Å². The Morgan fingerprint density at radius 3 is 1.65 bits per heavy atom. The highest BCUT2D eigenvalue weighted by Crippen LogP contribution is 2.44. The first-order valence-electron chi connectivity index (χ1n) is 23.1. The highest BCUT2D eigenvalue weighted by atomic mass is 35.5. The van der Waals surface area contributed by atoms with Gasteiger partial charge in [0.05, 0.1) is 69.0 Å². The van der Waals surface area contributed by atoms with Crippen LogP contribution in [0.5, 0.6) is 11.6 Å². The molecular formula is C49H48ClN11O11S5. The van der Waals surface area contributed by atoms with Crippen molar-refractivity contribution < 1.29 is 48.8 Å². The Balaban J connectivity index is 1.24. The lowest BCUT2D eigenvalue weighted by atomic mass is 10.1. The summed E-state index contributed by atoms with van der Waals surface area (Å²) in [6.45, 7) is 6.71. The molecule has 2 heterocycles. The number of aromatic hydroxyl groups is 1. The third kappa shape index (κ3) is 15.9. The van der Waals surface area contributed by atoms with E-state index < -0.39 is 47.6 Å². The van der Waals surface area contributed by atoms with E-state index in [0.717, 1.165) is 0 Å². The molecule has 0 saturated carbocycles. The Kier molecular flexibility index (Phi) is 18.9. The highest BCUT2D eigenvalue weighted by Gasteiger charge is 2.22. The van der Waals surface area contributed by atoms with Gasteiger partial charge in [0, 0.05) is 26.4 Å². The van der Waals surface area contributed by atoms with Gasteiger partial charge in [-0.25, -0.2) is 4.98 Å². The van der Waals surface area contributed by atoms with Crippen molar-refractivity contribution >= 4 is 128 Å². The first kappa shape index (κ1) is 58.0. The molecule has 0 aliphatic rings.